The van der Waals surface area contributed by atoms with E-state index in [2.05, 4.69) is 36.8 Å². The molecule has 1 aromatic rings. The zero-order valence-electron chi connectivity index (χ0n) is 11.1. The maximum absolute atomic E-state index is 9.29. The maximum Gasteiger partial charge on any atom is 0.0473 e. The van der Waals surface area contributed by atoms with Crippen molar-refractivity contribution in [3.8, 4) is 0 Å². The van der Waals surface area contributed by atoms with Crippen LogP contribution in [0.25, 0.3) is 0 Å². The van der Waals surface area contributed by atoms with Gasteiger partial charge in [-0.15, -0.1) is 0 Å². The lowest BCUT2D eigenvalue weighted by Gasteiger charge is -2.25. The van der Waals surface area contributed by atoms with Crippen LogP contribution < -0.4 is 0 Å². The fourth-order valence-electron chi connectivity index (χ4n) is 1.82. The minimum absolute atomic E-state index is 0.269. The molecule has 1 heterocycles. The normalized spacial score (nSPS) is 13.3. The molecule has 0 saturated carbocycles. The van der Waals surface area contributed by atoms with Crippen LogP contribution in [0.5, 0.6) is 0 Å². The van der Waals surface area contributed by atoms with Gasteiger partial charge in [0.15, 0.2) is 0 Å². The quantitative estimate of drug-likeness (QED) is 0.784. The molecule has 17 heavy (non-hydrogen) atoms. The van der Waals surface area contributed by atoms with Gasteiger partial charge in [-0.05, 0) is 31.0 Å². The third kappa shape index (κ3) is 5.29. The van der Waals surface area contributed by atoms with Crippen molar-refractivity contribution in [3.63, 3.8) is 0 Å². The Morgan fingerprint density at radius 1 is 1.35 bits per heavy atom. The summed E-state index contributed by atoms with van der Waals surface area (Å²) in [6.45, 7) is 6.52. The van der Waals surface area contributed by atoms with Crippen LogP contribution in [0.4, 0.5) is 0 Å². The number of likely N-dealkylation sites (N-methyl/N-ethyl adjacent to an activating group) is 1. The van der Waals surface area contributed by atoms with E-state index in [1.165, 1.54) is 0 Å². The highest BCUT2D eigenvalue weighted by Crippen LogP contribution is 2.11. The van der Waals surface area contributed by atoms with Gasteiger partial charge in [0.25, 0.3) is 0 Å². The lowest BCUT2D eigenvalue weighted by atomic mass is 9.96. The van der Waals surface area contributed by atoms with Crippen LogP contribution in [0.1, 0.15) is 19.5 Å². The van der Waals surface area contributed by atoms with Crippen LogP contribution >= 0.6 is 0 Å². The molecule has 1 aromatic heterocycles. The number of aliphatic hydroxyl groups excluding tert-OH is 1. The smallest absolute Gasteiger partial charge is 0.0473 e. The molecule has 0 aliphatic heterocycles. The Labute approximate surface area is 104 Å². The highest BCUT2D eigenvalue weighted by Gasteiger charge is 2.14. The molecule has 96 valence electrons. The van der Waals surface area contributed by atoms with Gasteiger partial charge in [-0.2, -0.15) is 0 Å². The Balaban J connectivity index is 2.32. The summed E-state index contributed by atoms with van der Waals surface area (Å²) in [5.41, 5.74) is 1.13. The number of rotatable bonds is 7. The third-order valence-electron chi connectivity index (χ3n) is 3.20. The lowest BCUT2D eigenvalue weighted by molar-refractivity contribution is 0.147. The number of pyridine rings is 1. The Kier molecular flexibility index (Phi) is 6.16. The summed E-state index contributed by atoms with van der Waals surface area (Å²) in [5.74, 6) is 0.890. The Hall–Kier alpha value is -0.930. The van der Waals surface area contributed by atoms with Gasteiger partial charge in [0.05, 0.1) is 0 Å². The minimum atomic E-state index is 0.269. The largest absolute Gasteiger partial charge is 0.396 e. The fraction of sp³-hybridized carbons (Fsp3) is 0.643. The fourth-order valence-corrected chi connectivity index (χ4v) is 1.82. The van der Waals surface area contributed by atoms with E-state index in [9.17, 15) is 5.11 Å². The molecule has 0 radical (unpaired) electrons. The van der Waals surface area contributed by atoms with Crippen molar-refractivity contribution in [2.75, 3.05) is 26.7 Å². The molecule has 3 nitrogen and oxygen atoms in total. The average molecular weight is 236 g/mol. The number of aromatic nitrogens is 1. The second kappa shape index (κ2) is 7.41. The van der Waals surface area contributed by atoms with E-state index in [1.54, 1.807) is 0 Å². The Morgan fingerprint density at radius 2 is 2.12 bits per heavy atom. The van der Waals surface area contributed by atoms with Crippen molar-refractivity contribution >= 4 is 0 Å². The molecular weight excluding hydrogens is 212 g/mol. The molecular formula is C14H24N2O. The standard InChI is InChI=1S/C14H24N2O/c1-12(2)13(11-17)10-16(3)9-7-14-6-4-5-8-15-14/h4-6,8,12-13,17H,7,9-11H2,1-3H3. The van der Waals surface area contributed by atoms with Crippen LogP contribution in [-0.4, -0.2) is 41.7 Å². The molecule has 0 saturated heterocycles. The van der Waals surface area contributed by atoms with E-state index in [4.69, 9.17) is 0 Å². The van der Waals surface area contributed by atoms with E-state index < -0.39 is 0 Å². The first-order valence-corrected chi connectivity index (χ1v) is 6.32. The van der Waals surface area contributed by atoms with Gasteiger partial charge in [-0.1, -0.05) is 19.9 Å². The van der Waals surface area contributed by atoms with E-state index in [1.807, 2.05) is 18.3 Å². The Morgan fingerprint density at radius 3 is 2.65 bits per heavy atom. The number of aliphatic hydroxyl groups is 1. The average Bonchev–Trinajstić information content (AvgIpc) is 2.34. The van der Waals surface area contributed by atoms with Gasteiger partial charge in [-0.3, -0.25) is 4.98 Å². The van der Waals surface area contributed by atoms with Crippen molar-refractivity contribution in [1.82, 2.24) is 9.88 Å². The van der Waals surface area contributed by atoms with Crippen molar-refractivity contribution in [2.45, 2.75) is 20.3 Å². The van der Waals surface area contributed by atoms with Crippen molar-refractivity contribution < 1.29 is 5.11 Å². The molecule has 1 N–H and O–H groups in total. The van der Waals surface area contributed by atoms with Gasteiger partial charge in [-0.25, -0.2) is 0 Å². The van der Waals surface area contributed by atoms with Crippen LogP contribution in [0.15, 0.2) is 24.4 Å². The number of hydrogen-bond donors (Lipinski definition) is 1. The Bertz CT molecular complexity index is 300. The first-order valence-electron chi connectivity index (χ1n) is 6.32. The third-order valence-corrected chi connectivity index (χ3v) is 3.20. The monoisotopic (exact) mass is 236 g/mol. The molecule has 1 atom stereocenters. The molecule has 0 aliphatic rings. The van der Waals surface area contributed by atoms with Crippen molar-refractivity contribution in [3.05, 3.63) is 30.1 Å². The molecule has 0 aliphatic carbocycles. The topological polar surface area (TPSA) is 36.4 Å². The predicted molar refractivity (Wildman–Crippen MR) is 70.9 cm³/mol. The van der Waals surface area contributed by atoms with Crippen LogP contribution in [0.3, 0.4) is 0 Å². The molecule has 0 spiro atoms. The first kappa shape index (κ1) is 14.1. The van der Waals surface area contributed by atoms with E-state index in [-0.39, 0.29) is 6.61 Å². The van der Waals surface area contributed by atoms with Crippen LogP contribution in [-0.2, 0) is 6.42 Å². The zero-order valence-corrected chi connectivity index (χ0v) is 11.1. The minimum Gasteiger partial charge on any atom is -0.396 e. The van der Waals surface area contributed by atoms with Crippen LogP contribution in [0, 0.1) is 11.8 Å². The van der Waals surface area contributed by atoms with E-state index in [0.29, 0.717) is 11.8 Å². The summed E-state index contributed by atoms with van der Waals surface area (Å²) in [4.78, 5) is 6.58. The highest BCUT2D eigenvalue weighted by atomic mass is 16.3. The summed E-state index contributed by atoms with van der Waals surface area (Å²) in [6.07, 6.45) is 2.80. The summed E-state index contributed by atoms with van der Waals surface area (Å²) < 4.78 is 0. The van der Waals surface area contributed by atoms with E-state index >= 15 is 0 Å². The first-order chi connectivity index (χ1) is 8.13. The van der Waals surface area contributed by atoms with Gasteiger partial charge >= 0.3 is 0 Å². The molecule has 1 rings (SSSR count). The molecule has 3 heteroatoms. The summed E-state index contributed by atoms with van der Waals surface area (Å²) >= 11 is 0. The van der Waals surface area contributed by atoms with Gasteiger partial charge in [0, 0.05) is 38.0 Å². The maximum atomic E-state index is 9.29. The van der Waals surface area contributed by atoms with Gasteiger partial charge < -0.3 is 10.0 Å². The van der Waals surface area contributed by atoms with Crippen LogP contribution in [0.2, 0.25) is 0 Å². The second-order valence-electron chi connectivity index (χ2n) is 5.02. The summed E-state index contributed by atoms with van der Waals surface area (Å²) in [7, 11) is 2.11. The molecule has 0 fully saturated rings. The lowest BCUT2D eigenvalue weighted by Crippen LogP contribution is -2.32. The predicted octanol–water partition coefficient (Wildman–Crippen LogP) is 1.82. The zero-order chi connectivity index (χ0) is 12.7. The molecule has 0 bridgehead atoms. The van der Waals surface area contributed by atoms with Gasteiger partial charge in [0.1, 0.15) is 0 Å². The molecule has 0 aromatic carbocycles. The molecule has 0 amide bonds. The number of hydrogen-bond acceptors (Lipinski definition) is 3. The van der Waals surface area contributed by atoms with Gasteiger partial charge in [0.2, 0.25) is 0 Å². The second-order valence-corrected chi connectivity index (χ2v) is 5.02. The van der Waals surface area contributed by atoms with Crippen molar-refractivity contribution in [1.29, 1.82) is 0 Å². The summed E-state index contributed by atoms with van der Waals surface area (Å²) in [5, 5.41) is 9.29. The van der Waals surface area contributed by atoms with Crippen molar-refractivity contribution in [2.24, 2.45) is 11.8 Å². The summed E-state index contributed by atoms with van der Waals surface area (Å²) in [6, 6.07) is 6.01. The molecule has 1 unspecified atom stereocenters. The highest BCUT2D eigenvalue weighted by molar-refractivity contribution is 5.03. The number of nitrogens with zero attached hydrogens (tertiary/aromatic N) is 2. The van der Waals surface area contributed by atoms with E-state index in [0.717, 1.165) is 25.2 Å². The SMILES string of the molecule is CC(C)C(CO)CN(C)CCc1ccccn1.